The van der Waals surface area contributed by atoms with Crippen LogP contribution in [-0.4, -0.2) is 56.7 Å². The summed E-state index contributed by atoms with van der Waals surface area (Å²) in [5, 5.41) is 34.5. The standard InChI is InChI=1S/C29H43NO5/c1-26-11-7-20(30-15-3-4-21(30)17-31)16-28(26,33)13-9-24-23(26)8-12-27(2)22(10-14-29(24,27)34)19-5-6-25(32)35-18-19/h5-6,18,20-24,31,33-34H,3-4,7-17H2,1-2H3/t20-,21?,22+,23-,24+,26+,27+,28-,29-/m0/s1. The lowest BCUT2D eigenvalue weighted by molar-refractivity contribution is -0.251. The fourth-order valence-electron chi connectivity index (χ4n) is 10.1. The SMILES string of the molecule is C[C@]12CC[C@H](N3CCCC3CO)C[C@@]1(O)CC[C@@H]1[C@@H]2CC[C@]2(C)[C@@H](c3ccc(=O)oc3)CC[C@]12O. The fraction of sp³-hybridized carbons (Fsp3) is 0.828. The number of hydrogen-bond acceptors (Lipinski definition) is 6. The Kier molecular flexibility index (Phi) is 5.62. The van der Waals surface area contributed by atoms with Crippen LogP contribution in [0, 0.1) is 22.7 Å². The minimum atomic E-state index is -0.755. The Morgan fingerprint density at radius 3 is 2.49 bits per heavy atom. The van der Waals surface area contributed by atoms with E-state index in [1.54, 1.807) is 6.26 Å². The normalized spacial score (nSPS) is 49.9. The van der Waals surface area contributed by atoms with Crippen molar-refractivity contribution in [2.75, 3.05) is 13.2 Å². The highest BCUT2D eigenvalue weighted by Gasteiger charge is 2.70. The zero-order chi connectivity index (χ0) is 24.6. The van der Waals surface area contributed by atoms with E-state index in [9.17, 15) is 20.1 Å². The molecule has 6 nitrogen and oxygen atoms in total. The summed E-state index contributed by atoms with van der Waals surface area (Å²) in [5.74, 6) is 0.702. The summed E-state index contributed by atoms with van der Waals surface area (Å²) < 4.78 is 5.21. The van der Waals surface area contributed by atoms with E-state index in [2.05, 4.69) is 18.7 Å². The molecule has 35 heavy (non-hydrogen) atoms. The molecule has 0 bridgehead atoms. The Hall–Kier alpha value is -1.21. The van der Waals surface area contributed by atoms with Gasteiger partial charge in [-0.25, -0.2) is 4.79 Å². The third kappa shape index (κ3) is 3.25. The Labute approximate surface area is 208 Å². The fourth-order valence-corrected chi connectivity index (χ4v) is 10.1. The Morgan fingerprint density at radius 1 is 0.971 bits per heavy atom. The van der Waals surface area contributed by atoms with Gasteiger partial charge in [0, 0.05) is 23.6 Å². The van der Waals surface area contributed by atoms with Crippen LogP contribution < -0.4 is 5.63 Å². The highest BCUT2D eigenvalue weighted by atomic mass is 16.4. The van der Waals surface area contributed by atoms with Gasteiger partial charge < -0.3 is 19.7 Å². The molecule has 0 amide bonds. The summed E-state index contributed by atoms with van der Waals surface area (Å²) in [7, 11) is 0. The van der Waals surface area contributed by atoms with E-state index in [-0.39, 0.29) is 40.9 Å². The van der Waals surface area contributed by atoms with Gasteiger partial charge in [0.15, 0.2) is 0 Å². The number of likely N-dealkylation sites (tertiary alicyclic amines) is 1. The van der Waals surface area contributed by atoms with Crippen LogP contribution >= 0.6 is 0 Å². The summed E-state index contributed by atoms with van der Waals surface area (Å²) in [4.78, 5) is 14.0. The second-order valence-electron chi connectivity index (χ2n) is 13.2. The molecule has 4 saturated carbocycles. The van der Waals surface area contributed by atoms with E-state index in [0.29, 0.717) is 12.0 Å². The van der Waals surface area contributed by atoms with Gasteiger partial charge in [-0.15, -0.1) is 0 Å². The van der Waals surface area contributed by atoms with Crippen molar-refractivity contribution in [3.63, 3.8) is 0 Å². The first kappa shape index (κ1) is 24.1. The van der Waals surface area contributed by atoms with Gasteiger partial charge in [0.05, 0.1) is 24.1 Å². The Bertz CT molecular complexity index is 1010. The van der Waals surface area contributed by atoms with E-state index in [1.807, 2.05) is 6.07 Å². The molecule has 5 fully saturated rings. The van der Waals surface area contributed by atoms with E-state index in [4.69, 9.17) is 4.42 Å². The van der Waals surface area contributed by atoms with Gasteiger partial charge in [-0.1, -0.05) is 13.8 Å². The number of aliphatic hydroxyl groups is 3. The van der Waals surface area contributed by atoms with Crippen LogP contribution in [0.25, 0.3) is 0 Å². The molecule has 1 aliphatic heterocycles. The first-order chi connectivity index (χ1) is 16.7. The lowest BCUT2D eigenvalue weighted by Crippen LogP contribution is -2.68. The Balaban J connectivity index is 1.27. The molecular weight excluding hydrogens is 442 g/mol. The lowest BCUT2D eigenvalue weighted by Gasteiger charge is -2.66. The van der Waals surface area contributed by atoms with Crippen molar-refractivity contribution >= 4 is 0 Å². The van der Waals surface area contributed by atoms with Crippen molar-refractivity contribution in [3.8, 4) is 0 Å². The van der Waals surface area contributed by atoms with Gasteiger partial charge in [0.25, 0.3) is 0 Å². The third-order valence-electron chi connectivity index (χ3n) is 12.2. The number of aliphatic hydroxyl groups excluding tert-OH is 1. The molecule has 1 aromatic heterocycles. The van der Waals surface area contributed by atoms with Crippen molar-refractivity contribution in [3.05, 3.63) is 34.4 Å². The smallest absolute Gasteiger partial charge is 0.335 e. The third-order valence-corrected chi connectivity index (χ3v) is 12.2. The van der Waals surface area contributed by atoms with Crippen molar-refractivity contribution < 1.29 is 19.7 Å². The predicted molar refractivity (Wildman–Crippen MR) is 133 cm³/mol. The first-order valence-electron chi connectivity index (χ1n) is 14.1. The van der Waals surface area contributed by atoms with Gasteiger partial charge in [-0.05, 0) is 112 Å². The lowest BCUT2D eigenvalue weighted by atomic mass is 9.41. The number of rotatable bonds is 3. The highest BCUT2D eigenvalue weighted by molar-refractivity contribution is 5.28. The molecule has 9 atom stereocenters. The van der Waals surface area contributed by atoms with Crippen LogP contribution in [0.1, 0.15) is 96.0 Å². The molecule has 1 saturated heterocycles. The number of nitrogens with zero attached hydrogens (tertiary/aromatic N) is 1. The van der Waals surface area contributed by atoms with Gasteiger partial charge in [-0.3, -0.25) is 4.90 Å². The quantitative estimate of drug-likeness (QED) is 0.603. The average Bonchev–Trinajstić information content (AvgIpc) is 3.42. The van der Waals surface area contributed by atoms with Crippen molar-refractivity contribution in [2.45, 2.75) is 114 Å². The molecule has 6 heteroatoms. The van der Waals surface area contributed by atoms with E-state index < -0.39 is 11.2 Å². The van der Waals surface area contributed by atoms with E-state index in [0.717, 1.165) is 82.7 Å². The van der Waals surface area contributed by atoms with Crippen molar-refractivity contribution in [1.29, 1.82) is 0 Å². The zero-order valence-electron chi connectivity index (χ0n) is 21.4. The first-order valence-corrected chi connectivity index (χ1v) is 14.1. The predicted octanol–water partition coefficient (Wildman–Crippen LogP) is 3.82. The van der Waals surface area contributed by atoms with Gasteiger partial charge >= 0.3 is 5.63 Å². The summed E-state index contributed by atoms with van der Waals surface area (Å²) in [6, 6.07) is 3.99. The molecule has 4 aliphatic carbocycles. The van der Waals surface area contributed by atoms with Crippen molar-refractivity contribution in [2.24, 2.45) is 22.7 Å². The monoisotopic (exact) mass is 485 g/mol. The second kappa shape index (κ2) is 8.14. The minimum absolute atomic E-state index is 0.185. The maximum Gasteiger partial charge on any atom is 0.335 e. The molecule has 0 radical (unpaired) electrons. The summed E-state index contributed by atoms with van der Waals surface area (Å²) in [6.07, 6.45) is 11.9. The molecular formula is C29H43NO5. The molecule has 0 spiro atoms. The number of hydrogen-bond donors (Lipinski definition) is 3. The molecule has 2 heterocycles. The van der Waals surface area contributed by atoms with Crippen LogP contribution in [0.15, 0.2) is 27.6 Å². The maximum absolute atomic E-state index is 12.4. The van der Waals surface area contributed by atoms with Crippen LogP contribution in [0.2, 0.25) is 0 Å². The van der Waals surface area contributed by atoms with Gasteiger partial charge in [-0.2, -0.15) is 0 Å². The summed E-state index contributed by atoms with van der Waals surface area (Å²) in [5.41, 5.74) is -1.19. The Morgan fingerprint density at radius 2 is 1.74 bits per heavy atom. The molecule has 0 aromatic carbocycles. The van der Waals surface area contributed by atoms with Crippen LogP contribution in [-0.2, 0) is 0 Å². The van der Waals surface area contributed by atoms with Gasteiger partial charge in [0.1, 0.15) is 0 Å². The van der Waals surface area contributed by atoms with Crippen LogP contribution in [0.3, 0.4) is 0 Å². The minimum Gasteiger partial charge on any atom is -0.431 e. The second-order valence-corrected chi connectivity index (χ2v) is 13.2. The number of fused-ring (bicyclic) bond motifs is 5. The van der Waals surface area contributed by atoms with E-state index >= 15 is 0 Å². The average molecular weight is 486 g/mol. The highest BCUT2D eigenvalue weighted by Crippen LogP contribution is 2.71. The molecule has 1 unspecified atom stereocenters. The van der Waals surface area contributed by atoms with Gasteiger partial charge in [0.2, 0.25) is 0 Å². The molecule has 6 rings (SSSR count). The zero-order valence-corrected chi connectivity index (χ0v) is 21.4. The van der Waals surface area contributed by atoms with Crippen molar-refractivity contribution in [1.82, 2.24) is 4.90 Å². The summed E-state index contributed by atoms with van der Waals surface area (Å²) in [6.45, 7) is 5.83. The van der Waals surface area contributed by atoms with Crippen LogP contribution in [0.5, 0.6) is 0 Å². The van der Waals surface area contributed by atoms with Crippen LogP contribution in [0.4, 0.5) is 0 Å². The molecule has 194 valence electrons. The molecule has 3 N–H and O–H groups in total. The maximum atomic E-state index is 12.4. The summed E-state index contributed by atoms with van der Waals surface area (Å²) >= 11 is 0. The topological polar surface area (TPSA) is 94.1 Å². The largest absolute Gasteiger partial charge is 0.431 e. The molecule has 5 aliphatic rings. The molecule has 1 aromatic rings. The van der Waals surface area contributed by atoms with E-state index in [1.165, 1.54) is 6.07 Å².